The van der Waals surface area contributed by atoms with Crippen molar-refractivity contribution in [1.29, 1.82) is 0 Å². The first-order chi connectivity index (χ1) is 16.0. The molecule has 0 aliphatic heterocycles. The van der Waals surface area contributed by atoms with Crippen LogP contribution in [0.5, 0.6) is 0 Å². The highest BCUT2D eigenvalue weighted by Gasteiger charge is 2.16. The number of carboxylic acid groups (broad SMARTS) is 2. The van der Waals surface area contributed by atoms with Crippen LogP contribution in [-0.4, -0.2) is 48.3 Å². The monoisotopic (exact) mass is 482 g/mol. The second-order valence-corrected chi connectivity index (χ2v) is 8.60. The minimum Gasteiger partial charge on any atom is -0.481 e. The van der Waals surface area contributed by atoms with Crippen LogP contribution in [-0.2, 0) is 19.1 Å². The maximum atomic E-state index is 11.2. The van der Waals surface area contributed by atoms with Crippen LogP contribution in [0.2, 0.25) is 0 Å². The molecule has 0 amide bonds. The Balaban J connectivity index is 0. The summed E-state index contributed by atoms with van der Waals surface area (Å²) in [5.41, 5.74) is 0.420. The van der Waals surface area contributed by atoms with Gasteiger partial charge in [0.2, 0.25) is 0 Å². The van der Waals surface area contributed by atoms with Gasteiger partial charge in [-0.3, -0.25) is 9.59 Å². The van der Waals surface area contributed by atoms with E-state index in [4.69, 9.17) is 10.2 Å². The molecule has 0 bridgehead atoms. The molecular formula is C26H42O8. The van der Waals surface area contributed by atoms with Crippen LogP contribution in [0.1, 0.15) is 99.8 Å². The van der Waals surface area contributed by atoms with Gasteiger partial charge in [0, 0.05) is 12.8 Å². The SMILES string of the molecule is CC(C)CCCCC(=O)O.CC(C)CCCCC(=O)O.COC(=O)c1ccccc1C(=O)OC. The lowest BCUT2D eigenvalue weighted by Gasteiger charge is -2.04. The summed E-state index contributed by atoms with van der Waals surface area (Å²) in [7, 11) is 2.52. The molecule has 0 radical (unpaired) electrons. The number of esters is 2. The summed E-state index contributed by atoms with van der Waals surface area (Å²) in [6, 6.07) is 6.33. The summed E-state index contributed by atoms with van der Waals surface area (Å²) in [6.07, 6.45) is 6.69. The Morgan fingerprint density at radius 2 is 1.00 bits per heavy atom. The highest BCUT2D eigenvalue weighted by atomic mass is 16.5. The molecule has 1 aromatic carbocycles. The standard InChI is InChI=1S/C10H10O4.2C8H16O2/c1-13-9(11)7-5-3-4-6-8(7)10(12)14-2;2*1-7(2)5-3-4-6-8(9)10/h3-6H,1-2H3;2*7H,3-6H2,1-2H3,(H,9,10). The Hall–Kier alpha value is -2.90. The third-order valence-corrected chi connectivity index (χ3v) is 4.58. The summed E-state index contributed by atoms with van der Waals surface area (Å²) in [4.78, 5) is 42.5. The van der Waals surface area contributed by atoms with Crippen molar-refractivity contribution < 1.29 is 38.9 Å². The fraction of sp³-hybridized carbons (Fsp3) is 0.615. The molecule has 0 saturated carbocycles. The van der Waals surface area contributed by atoms with Gasteiger partial charge in [-0.2, -0.15) is 0 Å². The van der Waals surface area contributed by atoms with Crippen molar-refractivity contribution in [2.45, 2.75) is 79.1 Å². The van der Waals surface area contributed by atoms with Gasteiger partial charge in [-0.15, -0.1) is 0 Å². The molecule has 8 heteroatoms. The topological polar surface area (TPSA) is 127 Å². The van der Waals surface area contributed by atoms with Gasteiger partial charge in [-0.25, -0.2) is 9.59 Å². The van der Waals surface area contributed by atoms with E-state index >= 15 is 0 Å². The molecule has 0 aromatic heterocycles. The molecule has 0 fully saturated rings. The van der Waals surface area contributed by atoms with Crippen molar-refractivity contribution >= 4 is 23.9 Å². The molecule has 1 aromatic rings. The molecule has 194 valence electrons. The lowest BCUT2D eigenvalue weighted by atomic mass is 10.1. The number of benzene rings is 1. The first-order valence-corrected chi connectivity index (χ1v) is 11.6. The van der Waals surface area contributed by atoms with Crippen LogP contribution in [0.15, 0.2) is 24.3 Å². The van der Waals surface area contributed by atoms with E-state index in [1.165, 1.54) is 26.4 Å². The van der Waals surface area contributed by atoms with Crippen molar-refractivity contribution in [3.8, 4) is 0 Å². The van der Waals surface area contributed by atoms with Crippen molar-refractivity contribution in [1.82, 2.24) is 0 Å². The van der Waals surface area contributed by atoms with Gasteiger partial charge in [0.05, 0.1) is 25.3 Å². The summed E-state index contributed by atoms with van der Waals surface area (Å²) in [5, 5.41) is 16.6. The number of hydrogen-bond acceptors (Lipinski definition) is 6. The number of carbonyl (C=O) groups is 4. The molecule has 34 heavy (non-hydrogen) atoms. The number of ether oxygens (including phenoxy) is 2. The molecule has 0 unspecified atom stereocenters. The summed E-state index contributed by atoms with van der Waals surface area (Å²) >= 11 is 0. The number of rotatable bonds is 12. The smallest absolute Gasteiger partial charge is 0.338 e. The highest BCUT2D eigenvalue weighted by Crippen LogP contribution is 2.11. The molecule has 0 aliphatic rings. The van der Waals surface area contributed by atoms with Crippen LogP contribution in [0, 0.1) is 11.8 Å². The van der Waals surface area contributed by atoms with E-state index in [0.29, 0.717) is 24.7 Å². The second kappa shape index (κ2) is 20.7. The van der Waals surface area contributed by atoms with Crippen molar-refractivity contribution in [3.63, 3.8) is 0 Å². The number of carbonyl (C=O) groups excluding carboxylic acids is 2. The third-order valence-electron chi connectivity index (χ3n) is 4.58. The minimum atomic E-state index is -0.677. The Morgan fingerprint density at radius 3 is 1.24 bits per heavy atom. The number of unbranched alkanes of at least 4 members (excludes halogenated alkanes) is 2. The Labute approximate surface area is 203 Å². The van der Waals surface area contributed by atoms with E-state index in [1.54, 1.807) is 12.1 Å². The molecule has 0 atom stereocenters. The highest BCUT2D eigenvalue weighted by molar-refractivity contribution is 6.03. The minimum absolute atomic E-state index is 0.210. The molecule has 0 saturated heterocycles. The van der Waals surface area contributed by atoms with Crippen LogP contribution in [0.4, 0.5) is 0 Å². The fourth-order valence-electron chi connectivity index (χ4n) is 2.72. The van der Waals surface area contributed by atoms with E-state index in [2.05, 4.69) is 37.2 Å². The summed E-state index contributed by atoms with van der Waals surface area (Å²) in [5.74, 6) is -1.05. The Bertz CT molecular complexity index is 664. The van der Waals surface area contributed by atoms with Gasteiger partial charge >= 0.3 is 23.9 Å². The largest absolute Gasteiger partial charge is 0.481 e. The van der Waals surface area contributed by atoms with E-state index < -0.39 is 23.9 Å². The van der Waals surface area contributed by atoms with Crippen molar-refractivity contribution in [2.24, 2.45) is 11.8 Å². The van der Waals surface area contributed by atoms with Gasteiger partial charge in [0.25, 0.3) is 0 Å². The molecule has 0 spiro atoms. The van der Waals surface area contributed by atoms with Crippen LogP contribution < -0.4 is 0 Å². The molecule has 1 rings (SSSR count). The van der Waals surface area contributed by atoms with E-state index in [1.807, 2.05) is 0 Å². The zero-order valence-corrected chi connectivity index (χ0v) is 21.5. The predicted molar refractivity (Wildman–Crippen MR) is 131 cm³/mol. The maximum Gasteiger partial charge on any atom is 0.338 e. The summed E-state index contributed by atoms with van der Waals surface area (Å²) in [6.45, 7) is 8.61. The first-order valence-electron chi connectivity index (χ1n) is 11.6. The average molecular weight is 483 g/mol. The lowest BCUT2D eigenvalue weighted by molar-refractivity contribution is -0.138. The van der Waals surface area contributed by atoms with E-state index in [0.717, 1.165) is 38.5 Å². The Kier molecular flexibility index (Phi) is 20.2. The molecule has 8 nitrogen and oxygen atoms in total. The van der Waals surface area contributed by atoms with E-state index in [9.17, 15) is 19.2 Å². The molecule has 2 N–H and O–H groups in total. The second-order valence-electron chi connectivity index (χ2n) is 8.60. The van der Waals surface area contributed by atoms with Crippen LogP contribution in [0.25, 0.3) is 0 Å². The zero-order chi connectivity index (χ0) is 26.5. The van der Waals surface area contributed by atoms with Crippen molar-refractivity contribution in [3.05, 3.63) is 35.4 Å². The van der Waals surface area contributed by atoms with Gasteiger partial charge in [-0.1, -0.05) is 65.5 Å². The number of hydrogen-bond donors (Lipinski definition) is 2. The fourth-order valence-corrected chi connectivity index (χ4v) is 2.72. The summed E-state index contributed by atoms with van der Waals surface area (Å²) < 4.78 is 9.05. The van der Waals surface area contributed by atoms with Crippen molar-refractivity contribution in [2.75, 3.05) is 14.2 Å². The van der Waals surface area contributed by atoms with Crippen LogP contribution in [0.3, 0.4) is 0 Å². The van der Waals surface area contributed by atoms with Gasteiger partial charge in [-0.05, 0) is 36.8 Å². The first kappa shape index (κ1) is 33.3. The molecule has 0 heterocycles. The van der Waals surface area contributed by atoms with E-state index in [-0.39, 0.29) is 11.1 Å². The van der Waals surface area contributed by atoms with Gasteiger partial charge in [0.15, 0.2) is 0 Å². The quantitative estimate of drug-likeness (QED) is 0.281. The van der Waals surface area contributed by atoms with Gasteiger partial charge < -0.3 is 19.7 Å². The third kappa shape index (κ3) is 19.8. The maximum absolute atomic E-state index is 11.2. The zero-order valence-electron chi connectivity index (χ0n) is 21.5. The Morgan fingerprint density at radius 1 is 0.676 bits per heavy atom. The molecular weight excluding hydrogens is 440 g/mol. The lowest BCUT2D eigenvalue weighted by Crippen LogP contribution is -2.11. The number of methoxy groups -OCH3 is 2. The van der Waals surface area contributed by atoms with Crippen LogP contribution >= 0.6 is 0 Å². The number of carboxylic acids is 2. The molecule has 0 aliphatic carbocycles. The number of aliphatic carboxylic acids is 2. The average Bonchev–Trinajstić information content (AvgIpc) is 2.79. The normalized spacial score (nSPS) is 9.88. The van der Waals surface area contributed by atoms with Gasteiger partial charge in [0.1, 0.15) is 0 Å². The predicted octanol–water partition coefficient (Wildman–Crippen LogP) is 5.83.